The number of carbonyl (C=O) groups is 1. The van der Waals surface area contributed by atoms with Crippen molar-refractivity contribution in [3.8, 4) is 11.4 Å². The Kier molecular flexibility index (Phi) is 3.99. The molecule has 0 saturated heterocycles. The number of nitrogens with zero attached hydrogens (tertiary/aromatic N) is 2. The van der Waals surface area contributed by atoms with Crippen molar-refractivity contribution in [3.63, 3.8) is 0 Å². The summed E-state index contributed by atoms with van der Waals surface area (Å²) in [6.07, 6.45) is 5.37. The molecule has 1 fully saturated rings. The Hall–Kier alpha value is -3.08. The number of primary amides is 1. The zero-order valence-corrected chi connectivity index (χ0v) is 14.7. The minimum absolute atomic E-state index is 0.250. The lowest BCUT2D eigenvalue weighted by atomic mass is 9.95. The summed E-state index contributed by atoms with van der Waals surface area (Å²) in [5, 5.41) is 0. The van der Waals surface area contributed by atoms with Gasteiger partial charge in [-0.25, -0.2) is 4.98 Å². The predicted octanol–water partition coefficient (Wildman–Crippen LogP) is 3.28. The number of carbonyl (C=O) groups excluding carboxylic acids is 1. The smallest absolute Gasteiger partial charge is 0.228 e. The highest BCUT2D eigenvalue weighted by Crippen LogP contribution is 2.48. The number of aryl methyl sites for hydroxylation is 1. The number of benzene rings is 2. The van der Waals surface area contributed by atoms with E-state index in [0.29, 0.717) is 6.61 Å². The Balaban J connectivity index is 1.45. The molecule has 0 unspecified atom stereocenters. The van der Waals surface area contributed by atoms with E-state index in [0.717, 1.165) is 41.2 Å². The quantitative estimate of drug-likeness (QED) is 0.744. The molecular formula is C21H21N3O2. The molecule has 1 heterocycles. The maximum absolute atomic E-state index is 11.7. The molecule has 5 nitrogen and oxygen atoms in total. The van der Waals surface area contributed by atoms with Gasteiger partial charge < -0.3 is 15.0 Å². The first-order valence-electron chi connectivity index (χ1n) is 8.71. The van der Waals surface area contributed by atoms with Crippen LogP contribution in [0.4, 0.5) is 0 Å². The van der Waals surface area contributed by atoms with Crippen molar-refractivity contribution in [2.24, 2.45) is 5.73 Å². The topological polar surface area (TPSA) is 70.1 Å². The van der Waals surface area contributed by atoms with E-state index in [1.165, 1.54) is 0 Å². The lowest BCUT2D eigenvalue weighted by Gasteiger charge is -2.13. The van der Waals surface area contributed by atoms with Gasteiger partial charge in [-0.05, 0) is 55.2 Å². The molecule has 5 heteroatoms. The maximum Gasteiger partial charge on any atom is 0.228 e. The summed E-state index contributed by atoms with van der Waals surface area (Å²) in [7, 11) is 0. The van der Waals surface area contributed by atoms with Gasteiger partial charge in [0.2, 0.25) is 5.91 Å². The van der Waals surface area contributed by atoms with E-state index in [1.807, 2.05) is 54.1 Å². The van der Waals surface area contributed by atoms with E-state index in [4.69, 9.17) is 10.5 Å². The van der Waals surface area contributed by atoms with Gasteiger partial charge in [-0.2, -0.15) is 0 Å². The highest BCUT2D eigenvalue weighted by atomic mass is 16.5. The van der Waals surface area contributed by atoms with Crippen LogP contribution in [0.1, 0.15) is 29.8 Å². The van der Waals surface area contributed by atoms with Gasteiger partial charge in [0.05, 0.1) is 5.41 Å². The average molecular weight is 347 g/mol. The Bertz CT molecular complexity index is 940. The third kappa shape index (κ3) is 2.96. The molecule has 132 valence electrons. The minimum atomic E-state index is -0.482. The van der Waals surface area contributed by atoms with Gasteiger partial charge in [0.15, 0.2) is 0 Å². The number of nitrogens with two attached hydrogens (primary N) is 1. The number of aromatic nitrogens is 2. The molecular weight excluding hydrogens is 326 g/mol. The highest BCUT2D eigenvalue weighted by Gasteiger charge is 2.50. The van der Waals surface area contributed by atoms with Crippen molar-refractivity contribution >= 4 is 5.91 Å². The Morgan fingerprint density at radius 1 is 1.23 bits per heavy atom. The van der Waals surface area contributed by atoms with Gasteiger partial charge in [0.1, 0.15) is 18.2 Å². The van der Waals surface area contributed by atoms with Crippen LogP contribution in [0.3, 0.4) is 0 Å². The number of ether oxygens (including phenoxy) is 1. The molecule has 1 aliphatic carbocycles. The second-order valence-corrected chi connectivity index (χ2v) is 6.77. The fraction of sp³-hybridized carbons (Fsp3) is 0.238. The van der Waals surface area contributed by atoms with Crippen molar-refractivity contribution in [2.45, 2.75) is 31.8 Å². The lowest BCUT2D eigenvalue weighted by molar-refractivity contribution is -0.120. The molecule has 0 bridgehead atoms. The molecule has 1 aliphatic rings. The summed E-state index contributed by atoms with van der Waals surface area (Å²) in [5.74, 6) is 1.46. The standard InChI is InChI=1S/C21H21N3O2/c1-15-23-11-12-24(15)18-7-5-16(6-8-18)14-26-19-4-2-3-17(13-19)21(9-10-21)20(22)25/h2-8,11-13H,9-10,14H2,1H3,(H2,22,25). The average Bonchev–Trinajstić information content (AvgIpc) is 3.37. The van der Waals surface area contributed by atoms with Crippen LogP contribution in [-0.4, -0.2) is 15.5 Å². The fourth-order valence-corrected chi connectivity index (χ4v) is 3.26. The molecule has 2 N–H and O–H groups in total. The van der Waals surface area contributed by atoms with Crippen molar-refractivity contribution in [3.05, 3.63) is 77.9 Å². The van der Waals surface area contributed by atoms with Gasteiger partial charge in [0, 0.05) is 18.1 Å². The van der Waals surface area contributed by atoms with Gasteiger partial charge >= 0.3 is 0 Å². The maximum atomic E-state index is 11.7. The van der Waals surface area contributed by atoms with Crippen LogP contribution in [0.2, 0.25) is 0 Å². The van der Waals surface area contributed by atoms with E-state index in [9.17, 15) is 4.79 Å². The van der Waals surface area contributed by atoms with Crippen LogP contribution in [0.15, 0.2) is 60.9 Å². The molecule has 0 radical (unpaired) electrons. The van der Waals surface area contributed by atoms with Crippen molar-refractivity contribution in [1.29, 1.82) is 0 Å². The summed E-state index contributed by atoms with van der Waals surface area (Å²) in [6.45, 7) is 2.44. The van der Waals surface area contributed by atoms with Gasteiger partial charge in [0.25, 0.3) is 0 Å². The molecule has 0 atom stereocenters. The molecule has 1 aromatic heterocycles. The number of amides is 1. The van der Waals surface area contributed by atoms with Crippen molar-refractivity contribution in [2.75, 3.05) is 0 Å². The van der Waals surface area contributed by atoms with E-state index < -0.39 is 5.41 Å². The third-order valence-corrected chi connectivity index (χ3v) is 5.05. The first-order chi connectivity index (χ1) is 12.6. The number of hydrogen-bond acceptors (Lipinski definition) is 3. The molecule has 1 amide bonds. The minimum Gasteiger partial charge on any atom is -0.489 e. The summed E-state index contributed by atoms with van der Waals surface area (Å²) in [4.78, 5) is 15.9. The molecule has 3 aromatic rings. The molecule has 0 spiro atoms. The van der Waals surface area contributed by atoms with E-state index in [2.05, 4.69) is 17.1 Å². The molecule has 1 saturated carbocycles. The van der Waals surface area contributed by atoms with E-state index >= 15 is 0 Å². The normalized spacial score (nSPS) is 14.8. The fourth-order valence-electron chi connectivity index (χ4n) is 3.26. The van der Waals surface area contributed by atoms with Crippen LogP contribution in [0.5, 0.6) is 5.75 Å². The van der Waals surface area contributed by atoms with Crippen LogP contribution >= 0.6 is 0 Å². The second kappa shape index (κ2) is 6.33. The predicted molar refractivity (Wildman–Crippen MR) is 99.2 cm³/mol. The third-order valence-electron chi connectivity index (χ3n) is 5.05. The van der Waals surface area contributed by atoms with Crippen molar-refractivity contribution in [1.82, 2.24) is 9.55 Å². The Morgan fingerprint density at radius 2 is 2.00 bits per heavy atom. The zero-order valence-electron chi connectivity index (χ0n) is 14.7. The summed E-state index contributed by atoms with van der Waals surface area (Å²) >= 11 is 0. The first kappa shape index (κ1) is 16.4. The first-order valence-corrected chi connectivity index (χ1v) is 8.71. The van der Waals surface area contributed by atoms with Crippen LogP contribution in [0, 0.1) is 6.92 Å². The van der Waals surface area contributed by atoms with Gasteiger partial charge in [-0.1, -0.05) is 24.3 Å². The monoisotopic (exact) mass is 347 g/mol. The van der Waals surface area contributed by atoms with Crippen LogP contribution < -0.4 is 10.5 Å². The summed E-state index contributed by atoms with van der Waals surface area (Å²) < 4.78 is 7.95. The van der Waals surface area contributed by atoms with Crippen molar-refractivity contribution < 1.29 is 9.53 Å². The Labute approximate surface area is 152 Å². The number of hydrogen-bond donors (Lipinski definition) is 1. The second-order valence-electron chi connectivity index (χ2n) is 6.77. The summed E-state index contributed by atoms with van der Waals surface area (Å²) in [6, 6.07) is 15.9. The van der Waals surface area contributed by atoms with Gasteiger partial charge in [-0.3, -0.25) is 4.79 Å². The molecule has 0 aliphatic heterocycles. The number of rotatable bonds is 6. The Morgan fingerprint density at radius 3 is 2.62 bits per heavy atom. The van der Waals surface area contributed by atoms with Crippen LogP contribution in [0.25, 0.3) is 5.69 Å². The molecule has 4 rings (SSSR count). The molecule has 26 heavy (non-hydrogen) atoms. The largest absolute Gasteiger partial charge is 0.489 e. The van der Waals surface area contributed by atoms with E-state index in [-0.39, 0.29) is 5.91 Å². The number of imidazole rings is 1. The lowest BCUT2D eigenvalue weighted by Crippen LogP contribution is -2.28. The zero-order chi connectivity index (χ0) is 18.1. The molecule has 2 aromatic carbocycles. The van der Waals surface area contributed by atoms with Crippen LogP contribution in [-0.2, 0) is 16.8 Å². The highest BCUT2D eigenvalue weighted by molar-refractivity contribution is 5.89. The summed E-state index contributed by atoms with van der Waals surface area (Å²) in [5.41, 5.74) is 8.18. The van der Waals surface area contributed by atoms with E-state index in [1.54, 1.807) is 6.20 Å². The van der Waals surface area contributed by atoms with Gasteiger partial charge in [-0.15, -0.1) is 0 Å². The SMILES string of the molecule is Cc1nccn1-c1ccc(COc2cccc(C3(C(N)=O)CC3)c2)cc1.